The van der Waals surface area contributed by atoms with Crippen LogP contribution in [0.4, 0.5) is 0 Å². The van der Waals surface area contributed by atoms with Crippen molar-refractivity contribution >= 4 is 0 Å². The highest BCUT2D eigenvalue weighted by atomic mass is 16.5. The van der Waals surface area contributed by atoms with Crippen LogP contribution < -0.4 is 10.5 Å². The van der Waals surface area contributed by atoms with Crippen LogP contribution in [0.25, 0.3) is 0 Å². The summed E-state index contributed by atoms with van der Waals surface area (Å²) in [4.78, 5) is 6.68. The SMILES string of the molecule is CC(Oc1ncccc1CN)C1CCCCN1C. The van der Waals surface area contributed by atoms with Crippen molar-refractivity contribution in [3.05, 3.63) is 23.9 Å². The Morgan fingerprint density at radius 3 is 3.11 bits per heavy atom. The minimum Gasteiger partial charge on any atom is -0.473 e. The maximum Gasteiger partial charge on any atom is 0.218 e. The van der Waals surface area contributed by atoms with E-state index in [0.717, 1.165) is 12.1 Å². The summed E-state index contributed by atoms with van der Waals surface area (Å²) in [5.74, 6) is 0.687. The Kier molecular flexibility index (Phi) is 4.55. The van der Waals surface area contributed by atoms with Gasteiger partial charge in [-0.05, 0) is 39.4 Å². The Bertz CT molecular complexity index is 383. The van der Waals surface area contributed by atoms with Crippen LogP contribution in [0.2, 0.25) is 0 Å². The lowest BCUT2D eigenvalue weighted by molar-refractivity contribution is 0.0650. The molecule has 2 N–H and O–H groups in total. The van der Waals surface area contributed by atoms with Crippen molar-refractivity contribution in [3.63, 3.8) is 0 Å². The standard InChI is InChI=1S/C14H23N3O/c1-11(13-7-3-4-9-17(13)2)18-14-12(10-15)6-5-8-16-14/h5-6,8,11,13H,3-4,7,9-10,15H2,1-2H3. The van der Waals surface area contributed by atoms with Crippen LogP contribution in [0.1, 0.15) is 31.7 Å². The van der Waals surface area contributed by atoms with Gasteiger partial charge in [-0.15, -0.1) is 0 Å². The molecule has 18 heavy (non-hydrogen) atoms. The minimum atomic E-state index is 0.149. The average molecular weight is 249 g/mol. The highest BCUT2D eigenvalue weighted by Gasteiger charge is 2.26. The fourth-order valence-electron chi connectivity index (χ4n) is 2.63. The molecule has 4 heteroatoms. The molecule has 0 spiro atoms. The van der Waals surface area contributed by atoms with Gasteiger partial charge in [0.25, 0.3) is 0 Å². The topological polar surface area (TPSA) is 51.4 Å². The molecule has 1 saturated heterocycles. The number of rotatable bonds is 4. The van der Waals surface area contributed by atoms with Crippen LogP contribution in [0.3, 0.4) is 0 Å². The summed E-state index contributed by atoms with van der Waals surface area (Å²) in [5, 5.41) is 0. The highest BCUT2D eigenvalue weighted by molar-refractivity contribution is 5.25. The molecule has 1 aliphatic rings. The Morgan fingerprint density at radius 2 is 2.39 bits per heavy atom. The number of pyridine rings is 1. The molecule has 2 heterocycles. The monoisotopic (exact) mass is 249 g/mol. The first kappa shape index (κ1) is 13.3. The van der Waals surface area contributed by atoms with Crippen molar-refractivity contribution in [2.45, 2.75) is 44.9 Å². The second-order valence-electron chi connectivity index (χ2n) is 5.04. The fourth-order valence-corrected chi connectivity index (χ4v) is 2.63. The normalized spacial score (nSPS) is 22.7. The molecule has 2 atom stereocenters. The summed E-state index contributed by atoms with van der Waals surface area (Å²) < 4.78 is 6.01. The number of likely N-dealkylation sites (N-methyl/N-ethyl adjacent to an activating group) is 1. The summed E-state index contributed by atoms with van der Waals surface area (Å²) in [6, 6.07) is 4.35. The Balaban J connectivity index is 2.03. The van der Waals surface area contributed by atoms with Crippen molar-refractivity contribution < 1.29 is 4.74 Å². The number of nitrogens with zero attached hydrogens (tertiary/aromatic N) is 2. The molecule has 4 nitrogen and oxygen atoms in total. The van der Waals surface area contributed by atoms with Crippen LogP contribution in [0.5, 0.6) is 5.88 Å². The molecule has 0 amide bonds. The fraction of sp³-hybridized carbons (Fsp3) is 0.643. The van der Waals surface area contributed by atoms with Crippen molar-refractivity contribution in [3.8, 4) is 5.88 Å². The molecule has 0 bridgehead atoms. The van der Waals surface area contributed by atoms with E-state index in [0.29, 0.717) is 18.5 Å². The molecular weight excluding hydrogens is 226 g/mol. The molecule has 0 aliphatic carbocycles. The van der Waals surface area contributed by atoms with Crippen molar-refractivity contribution in [2.24, 2.45) is 5.73 Å². The van der Waals surface area contributed by atoms with E-state index in [1.165, 1.54) is 19.3 Å². The predicted molar refractivity (Wildman–Crippen MR) is 72.5 cm³/mol. The highest BCUT2D eigenvalue weighted by Crippen LogP contribution is 2.22. The van der Waals surface area contributed by atoms with Crippen LogP contribution in [-0.4, -0.2) is 35.6 Å². The van der Waals surface area contributed by atoms with E-state index in [-0.39, 0.29) is 6.10 Å². The zero-order valence-corrected chi connectivity index (χ0v) is 11.3. The Morgan fingerprint density at radius 1 is 1.56 bits per heavy atom. The van der Waals surface area contributed by atoms with Crippen LogP contribution in [0, 0.1) is 0 Å². The van der Waals surface area contributed by atoms with Crippen LogP contribution in [-0.2, 0) is 6.54 Å². The van der Waals surface area contributed by atoms with Gasteiger partial charge in [-0.2, -0.15) is 0 Å². The number of likely N-dealkylation sites (tertiary alicyclic amines) is 1. The maximum absolute atomic E-state index is 6.01. The zero-order valence-electron chi connectivity index (χ0n) is 11.3. The van der Waals surface area contributed by atoms with E-state index >= 15 is 0 Å². The van der Waals surface area contributed by atoms with Gasteiger partial charge in [-0.25, -0.2) is 4.98 Å². The molecule has 2 rings (SSSR count). The third kappa shape index (κ3) is 3.00. The van der Waals surface area contributed by atoms with Gasteiger partial charge < -0.3 is 10.5 Å². The maximum atomic E-state index is 6.01. The summed E-state index contributed by atoms with van der Waals surface area (Å²) in [6.45, 7) is 3.75. The van der Waals surface area contributed by atoms with E-state index in [1.54, 1.807) is 6.20 Å². The van der Waals surface area contributed by atoms with Crippen molar-refractivity contribution in [1.82, 2.24) is 9.88 Å². The molecule has 1 aliphatic heterocycles. The number of hydrogen-bond donors (Lipinski definition) is 1. The number of piperidine rings is 1. The molecule has 0 radical (unpaired) electrons. The van der Waals surface area contributed by atoms with Gasteiger partial charge in [-0.1, -0.05) is 12.5 Å². The minimum absolute atomic E-state index is 0.149. The quantitative estimate of drug-likeness (QED) is 0.884. The van der Waals surface area contributed by atoms with Gasteiger partial charge in [0.15, 0.2) is 0 Å². The van der Waals surface area contributed by atoms with Crippen molar-refractivity contribution in [2.75, 3.05) is 13.6 Å². The largest absolute Gasteiger partial charge is 0.473 e. The van der Waals surface area contributed by atoms with Crippen LogP contribution in [0.15, 0.2) is 18.3 Å². The summed E-state index contributed by atoms with van der Waals surface area (Å²) in [6.07, 6.45) is 5.68. The lowest BCUT2D eigenvalue weighted by Gasteiger charge is -2.36. The molecule has 2 unspecified atom stereocenters. The lowest BCUT2D eigenvalue weighted by Crippen LogP contribution is -2.45. The second kappa shape index (κ2) is 6.16. The van der Waals surface area contributed by atoms with Gasteiger partial charge in [-0.3, -0.25) is 4.90 Å². The number of hydrogen-bond acceptors (Lipinski definition) is 4. The number of nitrogens with two attached hydrogens (primary N) is 1. The Hall–Kier alpha value is -1.13. The summed E-state index contributed by atoms with van der Waals surface area (Å²) >= 11 is 0. The predicted octanol–water partition coefficient (Wildman–Crippen LogP) is 1.79. The lowest BCUT2D eigenvalue weighted by atomic mass is 9.99. The molecule has 1 fully saturated rings. The van der Waals surface area contributed by atoms with E-state index < -0.39 is 0 Å². The first-order chi connectivity index (χ1) is 8.72. The van der Waals surface area contributed by atoms with Gasteiger partial charge in [0, 0.05) is 24.3 Å². The van der Waals surface area contributed by atoms with Gasteiger partial charge in [0.2, 0.25) is 5.88 Å². The van der Waals surface area contributed by atoms with Gasteiger partial charge in [0.05, 0.1) is 0 Å². The second-order valence-corrected chi connectivity index (χ2v) is 5.04. The number of ether oxygens (including phenoxy) is 1. The first-order valence-corrected chi connectivity index (χ1v) is 6.73. The molecule has 0 saturated carbocycles. The van der Waals surface area contributed by atoms with E-state index in [1.807, 2.05) is 12.1 Å². The summed E-state index contributed by atoms with van der Waals surface area (Å²) in [5.41, 5.74) is 6.68. The van der Waals surface area contributed by atoms with Crippen molar-refractivity contribution in [1.29, 1.82) is 0 Å². The van der Waals surface area contributed by atoms with Gasteiger partial charge in [0.1, 0.15) is 6.10 Å². The number of aromatic nitrogens is 1. The third-order valence-corrected chi connectivity index (χ3v) is 3.74. The van der Waals surface area contributed by atoms with E-state index in [9.17, 15) is 0 Å². The third-order valence-electron chi connectivity index (χ3n) is 3.74. The molecule has 1 aromatic rings. The van der Waals surface area contributed by atoms with Gasteiger partial charge >= 0.3 is 0 Å². The van der Waals surface area contributed by atoms with Crippen LogP contribution >= 0.6 is 0 Å². The van der Waals surface area contributed by atoms with E-state index in [2.05, 4.69) is 23.9 Å². The molecule has 0 aromatic carbocycles. The molecule has 1 aromatic heterocycles. The summed E-state index contributed by atoms with van der Waals surface area (Å²) in [7, 11) is 2.17. The van der Waals surface area contributed by atoms with E-state index in [4.69, 9.17) is 10.5 Å². The zero-order chi connectivity index (χ0) is 13.0. The molecular formula is C14H23N3O. The molecule has 100 valence electrons. The first-order valence-electron chi connectivity index (χ1n) is 6.73. The average Bonchev–Trinajstić information content (AvgIpc) is 2.39. The Labute approximate surface area is 109 Å². The smallest absolute Gasteiger partial charge is 0.218 e.